The van der Waals surface area contributed by atoms with Gasteiger partial charge in [0.15, 0.2) is 0 Å². The Hall–Kier alpha value is -1.30. The van der Waals surface area contributed by atoms with Gasteiger partial charge >= 0.3 is 6.09 Å². The SMILES string of the molecule is CC(C)(C)OC(=O)N[C@H]1C(=O)NC[C@@H]1O. The fraction of sp³-hybridized carbons (Fsp3) is 0.778. The van der Waals surface area contributed by atoms with E-state index in [1.54, 1.807) is 20.8 Å². The van der Waals surface area contributed by atoms with Gasteiger partial charge in [-0.05, 0) is 20.8 Å². The molecule has 0 saturated carbocycles. The molecule has 3 N–H and O–H groups in total. The molecule has 0 aromatic carbocycles. The minimum atomic E-state index is -0.917. The highest BCUT2D eigenvalue weighted by molar-refractivity contribution is 5.88. The summed E-state index contributed by atoms with van der Waals surface area (Å²) in [4.78, 5) is 22.4. The fourth-order valence-corrected chi connectivity index (χ4v) is 1.20. The lowest BCUT2D eigenvalue weighted by Crippen LogP contribution is -2.47. The fourth-order valence-electron chi connectivity index (χ4n) is 1.20. The van der Waals surface area contributed by atoms with E-state index in [-0.39, 0.29) is 6.54 Å². The van der Waals surface area contributed by atoms with Crippen LogP contribution < -0.4 is 10.6 Å². The molecule has 1 fully saturated rings. The highest BCUT2D eigenvalue weighted by atomic mass is 16.6. The number of carbonyl (C=O) groups is 2. The van der Waals surface area contributed by atoms with Gasteiger partial charge in [-0.2, -0.15) is 0 Å². The first kappa shape index (κ1) is 11.8. The molecular formula is C9H16N2O4. The average Bonchev–Trinajstić information content (AvgIpc) is 2.32. The Balaban J connectivity index is 2.48. The molecule has 2 amide bonds. The predicted molar refractivity (Wildman–Crippen MR) is 52.2 cm³/mol. The Morgan fingerprint density at radius 1 is 1.60 bits per heavy atom. The molecule has 6 nitrogen and oxygen atoms in total. The molecule has 0 bridgehead atoms. The molecule has 1 rings (SSSR count). The molecule has 1 saturated heterocycles. The minimum Gasteiger partial charge on any atom is -0.444 e. The third kappa shape index (κ3) is 3.39. The molecule has 86 valence electrons. The third-order valence-electron chi connectivity index (χ3n) is 1.82. The molecule has 0 aromatic heterocycles. The van der Waals surface area contributed by atoms with Crippen molar-refractivity contribution in [3.63, 3.8) is 0 Å². The van der Waals surface area contributed by atoms with E-state index in [4.69, 9.17) is 4.74 Å². The van der Waals surface area contributed by atoms with Crippen molar-refractivity contribution in [2.24, 2.45) is 0 Å². The van der Waals surface area contributed by atoms with Gasteiger partial charge in [0.1, 0.15) is 17.7 Å². The van der Waals surface area contributed by atoms with Gasteiger partial charge < -0.3 is 20.5 Å². The van der Waals surface area contributed by atoms with Crippen LogP contribution in [0.4, 0.5) is 4.79 Å². The quantitative estimate of drug-likeness (QED) is 0.544. The van der Waals surface area contributed by atoms with E-state index in [1.165, 1.54) is 0 Å². The molecular weight excluding hydrogens is 200 g/mol. The Kier molecular flexibility index (Phi) is 3.18. The number of rotatable bonds is 1. The molecule has 2 atom stereocenters. The van der Waals surface area contributed by atoms with Crippen molar-refractivity contribution in [1.82, 2.24) is 10.6 Å². The molecule has 0 aliphatic carbocycles. The standard InChI is InChI=1S/C9H16N2O4/c1-9(2,3)15-8(14)11-6-5(12)4-10-7(6)13/h5-6,12H,4H2,1-3H3,(H,10,13)(H,11,14)/t5-,6+/m0/s1. The van der Waals surface area contributed by atoms with Gasteiger partial charge in [-0.25, -0.2) is 4.79 Å². The zero-order valence-corrected chi connectivity index (χ0v) is 9.03. The van der Waals surface area contributed by atoms with Crippen LogP contribution in [-0.4, -0.2) is 41.4 Å². The molecule has 1 heterocycles. The van der Waals surface area contributed by atoms with Gasteiger partial charge in [-0.15, -0.1) is 0 Å². The van der Waals surface area contributed by atoms with Crippen molar-refractivity contribution in [3.05, 3.63) is 0 Å². The molecule has 0 spiro atoms. The van der Waals surface area contributed by atoms with Crippen LogP contribution in [0.2, 0.25) is 0 Å². The number of carbonyl (C=O) groups excluding carboxylic acids is 2. The van der Waals surface area contributed by atoms with E-state index < -0.39 is 29.7 Å². The minimum absolute atomic E-state index is 0.152. The van der Waals surface area contributed by atoms with Crippen molar-refractivity contribution < 1.29 is 19.4 Å². The molecule has 0 aromatic rings. The van der Waals surface area contributed by atoms with Crippen molar-refractivity contribution in [2.75, 3.05) is 6.54 Å². The summed E-state index contributed by atoms with van der Waals surface area (Å²) < 4.78 is 4.96. The summed E-state index contributed by atoms with van der Waals surface area (Å²) in [5, 5.41) is 14.1. The van der Waals surface area contributed by atoms with Crippen molar-refractivity contribution in [2.45, 2.75) is 38.5 Å². The first-order valence-corrected chi connectivity index (χ1v) is 4.75. The van der Waals surface area contributed by atoms with Gasteiger partial charge in [0.2, 0.25) is 5.91 Å². The summed E-state index contributed by atoms with van der Waals surface area (Å²) in [6, 6.07) is -0.917. The molecule has 15 heavy (non-hydrogen) atoms. The number of hydrogen-bond donors (Lipinski definition) is 3. The van der Waals surface area contributed by atoms with Crippen molar-refractivity contribution in [1.29, 1.82) is 0 Å². The van der Waals surface area contributed by atoms with Crippen LogP contribution in [0.1, 0.15) is 20.8 Å². The maximum Gasteiger partial charge on any atom is 0.408 e. The Morgan fingerprint density at radius 3 is 2.60 bits per heavy atom. The smallest absolute Gasteiger partial charge is 0.408 e. The van der Waals surface area contributed by atoms with Crippen LogP contribution in [0.15, 0.2) is 0 Å². The lowest BCUT2D eigenvalue weighted by atomic mass is 10.2. The zero-order chi connectivity index (χ0) is 11.6. The van der Waals surface area contributed by atoms with Crippen LogP contribution in [0.25, 0.3) is 0 Å². The van der Waals surface area contributed by atoms with E-state index >= 15 is 0 Å². The van der Waals surface area contributed by atoms with Crippen LogP contribution in [0.3, 0.4) is 0 Å². The van der Waals surface area contributed by atoms with Crippen molar-refractivity contribution >= 4 is 12.0 Å². The number of ether oxygens (including phenoxy) is 1. The van der Waals surface area contributed by atoms with E-state index in [1.807, 2.05) is 0 Å². The van der Waals surface area contributed by atoms with Gasteiger partial charge in [0.25, 0.3) is 0 Å². The molecule has 0 unspecified atom stereocenters. The van der Waals surface area contributed by atoms with Crippen molar-refractivity contribution in [3.8, 4) is 0 Å². The van der Waals surface area contributed by atoms with E-state index in [0.717, 1.165) is 0 Å². The topological polar surface area (TPSA) is 87.7 Å². The lowest BCUT2D eigenvalue weighted by Gasteiger charge is -2.21. The lowest BCUT2D eigenvalue weighted by molar-refractivity contribution is -0.121. The van der Waals surface area contributed by atoms with E-state index in [0.29, 0.717) is 0 Å². The number of alkyl carbamates (subject to hydrolysis) is 1. The average molecular weight is 216 g/mol. The highest BCUT2D eigenvalue weighted by Gasteiger charge is 2.35. The summed E-state index contributed by atoms with van der Waals surface area (Å²) >= 11 is 0. The summed E-state index contributed by atoms with van der Waals surface area (Å²) in [7, 11) is 0. The Labute approximate surface area is 88.0 Å². The number of aliphatic hydroxyl groups excluding tert-OH is 1. The Bertz CT molecular complexity index is 272. The molecule has 1 aliphatic rings. The highest BCUT2D eigenvalue weighted by Crippen LogP contribution is 2.08. The number of amides is 2. The first-order chi connectivity index (χ1) is 6.79. The van der Waals surface area contributed by atoms with Crippen LogP contribution in [0, 0.1) is 0 Å². The summed E-state index contributed by atoms with van der Waals surface area (Å²) in [6.45, 7) is 5.31. The van der Waals surface area contributed by atoms with E-state index in [9.17, 15) is 14.7 Å². The molecule has 1 aliphatic heterocycles. The monoisotopic (exact) mass is 216 g/mol. The number of nitrogens with one attached hydrogen (secondary N) is 2. The maximum atomic E-state index is 11.3. The second-order valence-electron chi connectivity index (χ2n) is 4.44. The predicted octanol–water partition coefficient (Wildman–Crippen LogP) is -0.630. The summed E-state index contributed by atoms with van der Waals surface area (Å²) in [5.74, 6) is -0.395. The summed E-state index contributed by atoms with van der Waals surface area (Å²) in [5.41, 5.74) is -0.621. The first-order valence-electron chi connectivity index (χ1n) is 4.75. The second-order valence-corrected chi connectivity index (χ2v) is 4.44. The van der Waals surface area contributed by atoms with Crippen LogP contribution in [0.5, 0.6) is 0 Å². The van der Waals surface area contributed by atoms with Gasteiger partial charge in [-0.3, -0.25) is 4.79 Å². The number of aliphatic hydroxyl groups is 1. The largest absolute Gasteiger partial charge is 0.444 e. The zero-order valence-electron chi connectivity index (χ0n) is 9.03. The van der Waals surface area contributed by atoms with Gasteiger partial charge in [-0.1, -0.05) is 0 Å². The second kappa shape index (κ2) is 4.06. The third-order valence-corrected chi connectivity index (χ3v) is 1.82. The number of β-amino-alcohol motifs (C(OH)–C–C–N with tert-alkyl or cyclic N) is 1. The molecule has 0 radical (unpaired) electrons. The van der Waals surface area contributed by atoms with Crippen LogP contribution in [-0.2, 0) is 9.53 Å². The normalized spacial score (nSPS) is 26.0. The van der Waals surface area contributed by atoms with Gasteiger partial charge in [0.05, 0.1) is 0 Å². The van der Waals surface area contributed by atoms with Gasteiger partial charge in [0, 0.05) is 6.54 Å². The van der Waals surface area contributed by atoms with Crippen LogP contribution >= 0.6 is 0 Å². The Morgan fingerprint density at radius 2 is 2.20 bits per heavy atom. The van der Waals surface area contributed by atoms with E-state index in [2.05, 4.69) is 10.6 Å². The maximum absolute atomic E-state index is 11.3. The number of hydrogen-bond acceptors (Lipinski definition) is 4. The molecule has 6 heteroatoms. The summed E-state index contributed by atoms with van der Waals surface area (Å²) in [6.07, 6.45) is -1.60.